The highest BCUT2D eigenvalue weighted by atomic mass is 32.1. The van der Waals surface area contributed by atoms with Crippen molar-refractivity contribution >= 4 is 23.2 Å². The molecular formula is C16H27N3O2S. The molecule has 1 rings (SSSR count). The third kappa shape index (κ3) is 6.58. The highest BCUT2D eigenvalue weighted by molar-refractivity contribution is 7.08. The average Bonchev–Trinajstić information content (AvgIpc) is 2.96. The van der Waals surface area contributed by atoms with Crippen molar-refractivity contribution in [1.29, 1.82) is 0 Å². The number of amides is 2. The highest BCUT2D eigenvalue weighted by Gasteiger charge is 2.25. The first kappa shape index (κ1) is 18.6. The summed E-state index contributed by atoms with van der Waals surface area (Å²) in [6, 6.07) is 1.78. The van der Waals surface area contributed by atoms with Gasteiger partial charge >= 0.3 is 0 Å². The summed E-state index contributed by atoms with van der Waals surface area (Å²) < 4.78 is 0. The van der Waals surface area contributed by atoms with E-state index < -0.39 is 0 Å². The maximum absolute atomic E-state index is 12.0. The zero-order chi connectivity index (χ0) is 16.6. The minimum atomic E-state index is -0.356. The first-order valence-electron chi connectivity index (χ1n) is 7.68. The lowest BCUT2D eigenvalue weighted by molar-refractivity contribution is -0.123. The monoisotopic (exact) mass is 325 g/mol. The minimum Gasteiger partial charge on any atom is -0.352 e. The maximum atomic E-state index is 12.0. The molecule has 0 fully saturated rings. The van der Waals surface area contributed by atoms with Gasteiger partial charge in [-0.1, -0.05) is 13.8 Å². The van der Waals surface area contributed by atoms with Crippen LogP contribution < -0.4 is 16.4 Å². The summed E-state index contributed by atoms with van der Waals surface area (Å²) in [5.74, 6) is 0.366. The Morgan fingerprint density at radius 3 is 2.68 bits per heavy atom. The first-order chi connectivity index (χ1) is 10.4. The second-order valence-electron chi connectivity index (χ2n) is 6.28. The van der Waals surface area contributed by atoms with E-state index in [-0.39, 0.29) is 17.4 Å². The molecule has 1 heterocycles. The summed E-state index contributed by atoms with van der Waals surface area (Å²) in [7, 11) is 0. The van der Waals surface area contributed by atoms with Crippen LogP contribution in [0.2, 0.25) is 0 Å². The van der Waals surface area contributed by atoms with Gasteiger partial charge in [0.15, 0.2) is 0 Å². The first-order valence-corrected chi connectivity index (χ1v) is 8.62. The summed E-state index contributed by atoms with van der Waals surface area (Å²) >= 11 is 1.49. The van der Waals surface area contributed by atoms with Crippen molar-refractivity contribution in [2.75, 3.05) is 13.1 Å². The van der Waals surface area contributed by atoms with Gasteiger partial charge in [-0.05, 0) is 37.1 Å². The van der Waals surface area contributed by atoms with E-state index in [4.69, 9.17) is 5.73 Å². The second-order valence-corrected chi connectivity index (χ2v) is 7.06. The summed E-state index contributed by atoms with van der Waals surface area (Å²) in [5.41, 5.74) is 6.09. The fourth-order valence-electron chi connectivity index (χ4n) is 2.43. The average molecular weight is 325 g/mol. The Hall–Kier alpha value is -1.40. The number of thiophene rings is 1. The highest BCUT2D eigenvalue weighted by Crippen LogP contribution is 2.15. The topological polar surface area (TPSA) is 84.2 Å². The smallest absolute Gasteiger partial charge is 0.252 e. The Morgan fingerprint density at radius 1 is 1.41 bits per heavy atom. The lowest BCUT2D eigenvalue weighted by Crippen LogP contribution is -2.52. The van der Waals surface area contributed by atoms with Gasteiger partial charge in [-0.3, -0.25) is 9.59 Å². The van der Waals surface area contributed by atoms with Crippen molar-refractivity contribution < 1.29 is 9.59 Å². The van der Waals surface area contributed by atoms with Crippen LogP contribution >= 0.6 is 11.3 Å². The quantitative estimate of drug-likeness (QED) is 0.608. The van der Waals surface area contributed by atoms with Gasteiger partial charge in [0, 0.05) is 36.0 Å². The molecule has 0 spiro atoms. The lowest BCUT2D eigenvalue weighted by atomic mass is 9.90. The molecule has 2 amide bonds. The fourth-order valence-corrected chi connectivity index (χ4v) is 3.07. The summed E-state index contributed by atoms with van der Waals surface area (Å²) in [6.07, 6.45) is 1.85. The number of hydrogen-bond donors (Lipinski definition) is 3. The molecule has 0 saturated carbocycles. The number of carbonyl (C=O) groups is 2. The molecule has 0 radical (unpaired) electrons. The zero-order valence-electron chi connectivity index (χ0n) is 13.6. The van der Waals surface area contributed by atoms with Crippen molar-refractivity contribution in [3.8, 4) is 0 Å². The molecule has 0 aliphatic rings. The van der Waals surface area contributed by atoms with Crippen LogP contribution in [0.1, 0.15) is 50.4 Å². The largest absolute Gasteiger partial charge is 0.352 e. The van der Waals surface area contributed by atoms with E-state index in [0.717, 1.165) is 6.42 Å². The van der Waals surface area contributed by atoms with Gasteiger partial charge in [-0.2, -0.15) is 11.3 Å². The number of hydrogen-bond acceptors (Lipinski definition) is 4. The third-order valence-electron chi connectivity index (χ3n) is 3.40. The van der Waals surface area contributed by atoms with Crippen LogP contribution in [-0.4, -0.2) is 30.4 Å². The van der Waals surface area contributed by atoms with Crippen LogP contribution in [0.25, 0.3) is 0 Å². The van der Waals surface area contributed by atoms with Crippen LogP contribution in [0.5, 0.6) is 0 Å². The van der Waals surface area contributed by atoms with Crippen molar-refractivity contribution in [2.45, 2.75) is 45.6 Å². The molecule has 124 valence electrons. The van der Waals surface area contributed by atoms with E-state index in [9.17, 15) is 9.59 Å². The molecule has 22 heavy (non-hydrogen) atoms. The molecular weight excluding hydrogens is 298 g/mol. The Kier molecular flexibility index (Phi) is 7.55. The molecule has 5 nitrogen and oxygen atoms in total. The molecule has 0 aromatic carbocycles. The van der Waals surface area contributed by atoms with Crippen LogP contribution in [0.3, 0.4) is 0 Å². The van der Waals surface area contributed by atoms with Gasteiger partial charge in [-0.25, -0.2) is 0 Å². The molecule has 1 aromatic heterocycles. The van der Waals surface area contributed by atoms with Crippen LogP contribution in [0.15, 0.2) is 16.8 Å². The van der Waals surface area contributed by atoms with Gasteiger partial charge in [0.2, 0.25) is 5.91 Å². The lowest BCUT2D eigenvalue weighted by Gasteiger charge is -2.31. The van der Waals surface area contributed by atoms with E-state index in [1.54, 1.807) is 11.4 Å². The number of nitrogens with two attached hydrogens (primary N) is 1. The van der Waals surface area contributed by atoms with Crippen molar-refractivity contribution in [1.82, 2.24) is 10.6 Å². The molecule has 0 saturated heterocycles. The van der Waals surface area contributed by atoms with Crippen LogP contribution in [0, 0.1) is 5.92 Å². The standard InChI is InChI=1S/C16H27N3O2S/c1-12(2)9-16(3,11-17)19-14(20)5-4-7-18-15(21)13-6-8-22-10-13/h6,8,10,12H,4-5,7,9,11,17H2,1-3H3,(H,18,21)(H,19,20). The van der Waals surface area contributed by atoms with Crippen LogP contribution in [-0.2, 0) is 4.79 Å². The summed E-state index contributed by atoms with van der Waals surface area (Å²) in [4.78, 5) is 23.7. The Labute approximate surface area is 136 Å². The Balaban J connectivity index is 2.26. The fraction of sp³-hybridized carbons (Fsp3) is 0.625. The van der Waals surface area contributed by atoms with E-state index in [1.807, 2.05) is 12.3 Å². The van der Waals surface area contributed by atoms with Gasteiger partial charge < -0.3 is 16.4 Å². The number of rotatable bonds is 9. The van der Waals surface area contributed by atoms with E-state index in [0.29, 0.717) is 37.4 Å². The van der Waals surface area contributed by atoms with Crippen molar-refractivity contribution in [3.05, 3.63) is 22.4 Å². The number of carbonyl (C=O) groups excluding carboxylic acids is 2. The SMILES string of the molecule is CC(C)CC(C)(CN)NC(=O)CCCNC(=O)c1ccsc1. The number of nitrogens with one attached hydrogen (secondary N) is 2. The summed E-state index contributed by atoms with van der Waals surface area (Å²) in [6.45, 7) is 7.11. The van der Waals surface area contributed by atoms with E-state index in [2.05, 4.69) is 24.5 Å². The van der Waals surface area contributed by atoms with Gasteiger partial charge in [0.05, 0.1) is 0 Å². The van der Waals surface area contributed by atoms with Gasteiger partial charge in [0.1, 0.15) is 0 Å². The molecule has 1 unspecified atom stereocenters. The maximum Gasteiger partial charge on any atom is 0.252 e. The molecule has 1 atom stereocenters. The van der Waals surface area contributed by atoms with Gasteiger partial charge in [-0.15, -0.1) is 0 Å². The molecule has 0 aliphatic heterocycles. The summed E-state index contributed by atoms with van der Waals surface area (Å²) in [5, 5.41) is 9.50. The van der Waals surface area contributed by atoms with Crippen molar-refractivity contribution in [3.63, 3.8) is 0 Å². The Bertz CT molecular complexity index is 474. The third-order valence-corrected chi connectivity index (χ3v) is 4.08. The molecule has 6 heteroatoms. The second kappa shape index (κ2) is 8.90. The van der Waals surface area contributed by atoms with Crippen molar-refractivity contribution in [2.24, 2.45) is 11.7 Å². The molecule has 1 aromatic rings. The molecule has 0 bridgehead atoms. The zero-order valence-corrected chi connectivity index (χ0v) is 14.5. The van der Waals surface area contributed by atoms with Crippen LogP contribution in [0.4, 0.5) is 0 Å². The minimum absolute atomic E-state index is 0.0154. The molecule has 0 aliphatic carbocycles. The van der Waals surface area contributed by atoms with E-state index in [1.165, 1.54) is 11.3 Å². The predicted octanol–water partition coefficient (Wildman–Crippen LogP) is 2.14. The van der Waals surface area contributed by atoms with Gasteiger partial charge in [0.25, 0.3) is 5.91 Å². The normalized spacial score (nSPS) is 13.7. The molecule has 4 N–H and O–H groups in total. The Morgan fingerprint density at radius 2 is 2.14 bits per heavy atom. The predicted molar refractivity (Wildman–Crippen MR) is 90.9 cm³/mol. The van der Waals surface area contributed by atoms with E-state index >= 15 is 0 Å².